The highest BCUT2D eigenvalue weighted by Crippen LogP contribution is 2.43. The minimum absolute atomic E-state index is 0.0539. The number of aliphatic carboxylic acids is 1. The van der Waals surface area contributed by atoms with E-state index in [0.29, 0.717) is 6.54 Å². The molecule has 0 unspecified atom stereocenters. The van der Waals surface area contributed by atoms with Crippen molar-refractivity contribution in [3.8, 4) is 0 Å². The van der Waals surface area contributed by atoms with Crippen LogP contribution in [0.1, 0.15) is 53.4 Å². The Balaban J connectivity index is 2.60. The van der Waals surface area contributed by atoms with E-state index in [-0.39, 0.29) is 23.8 Å². The van der Waals surface area contributed by atoms with Crippen LogP contribution in [0.2, 0.25) is 0 Å². The van der Waals surface area contributed by atoms with E-state index in [2.05, 4.69) is 27.7 Å². The second-order valence-electron chi connectivity index (χ2n) is 6.01. The number of hydrogen-bond donors (Lipinski definition) is 1. The molecule has 0 aromatic heterocycles. The van der Waals surface area contributed by atoms with E-state index in [0.717, 1.165) is 12.8 Å². The molecule has 104 valence electrons. The average molecular weight is 257 g/mol. The van der Waals surface area contributed by atoms with Gasteiger partial charge in [0.1, 0.15) is 0 Å². The summed E-state index contributed by atoms with van der Waals surface area (Å²) in [6, 6.07) is 0. The SMILES string of the molecule is CC1(C)CCCN(OC(=O)CCC(=O)O)C1(C)C. The topological polar surface area (TPSA) is 66.8 Å². The summed E-state index contributed by atoms with van der Waals surface area (Å²) in [7, 11) is 0. The standard InChI is InChI=1S/C13H23NO4/c1-12(2)8-5-9-14(13(12,3)4)18-11(17)7-6-10(15)16/h5-9H2,1-4H3,(H,15,16). The van der Waals surface area contributed by atoms with Crippen LogP contribution in [0.5, 0.6) is 0 Å². The minimum Gasteiger partial charge on any atom is -0.481 e. The van der Waals surface area contributed by atoms with Gasteiger partial charge in [0.15, 0.2) is 0 Å². The van der Waals surface area contributed by atoms with Gasteiger partial charge in [-0.25, -0.2) is 0 Å². The lowest BCUT2D eigenvalue weighted by atomic mass is 9.69. The number of carboxylic acid groups (broad SMARTS) is 1. The second-order valence-corrected chi connectivity index (χ2v) is 6.01. The normalized spacial score (nSPS) is 22.4. The number of carbonyl (C=O) groups excluding carboxylic acids is 1. The molecule has 0 saturated carbocycles. The fraction of sp³-hybridized carbons (Fsp3) is 0.846. The summed E-state index contributed by atoms with van der Waals surface area (Å²) >= 11 is 0. The zero-order chi connectivity index (χ0) is 14.0. The van der Waals surface area contributed by atoms with Gasteiger partial charge in [-0.1, -0.05) is 13.8 Å². The Bertz CT molecular complexity index is 336. The Morgan fingerprint density at radius 3 is 2.39 bits per heavy atom. The van der Waals surface area contributed by atoms with Crippen molar-refractivity contribution in [1.82, 2.24) is 5.06 Å². The molecule has 1 N–H and O–H groups in total. The third-order valence-corrected chi connectivity index (χ3v) is 4.20. The number of rotatable bonds is 4. The molecule has 0 amide bonds. The van der Waals surface area contributed by atoms with Gasteiger partial charge in [0, 0.05) is 6.54 Å². The molecular weight excluding hydrogens is 234 g/mol. The van der Waals surface area contributed by atoms with Gasteiger partial charge in [-0.2, -0.15) is 0 Å². The van der Waals surface area contributed by atoms with E-state index in [9.17, 15) is 9.59 Å². The molecule has 0 aromatic rings. The van der Waals surface area contributed by atoms with E-state index in [4.69, 9.17) is 9.94 Å². The molecule has 5 heteroatoms. The van der Waals surface area contributed by atoms with Crippen molar-refractivity contribution >= 4 is 11.9 Å². The first-order chi connectivity index (χ1) is 8.17. The van der Waals surface area contributed by atoms with Crippen LogP contribution in [0.25, 0.3) is 0 Å². The van der Waals surface area contributed by atoms with E-state index in [1.165, 1.54) is 0 Å². The highest BCUT2D eigenvalue weighted by atomic mass is 16.7. The lowest BCUT2D eigenvalue weighted by molar-refractivity contribution is -0.247. The van der Waals surface area contributed by atoms with Crippen LogP contribution in [0.3, 0.4) is 0 Å². The summed E-state index contributed by atoms with van der Waals surface area (Å²) in [6.45, 7) is 9.12. The molecular formula is C13H23NO4. The summed E-state index contributed by atoms with van der Waals surface area (Å²) in [5, 5.41) is 10.2. The summed E-state index contributed by atoms with van der Waals surface area (Å²) in [4.78, 5) is 27.3. The van der Waals surface area contributed by atoms with Crippen LogP contribution in [0, 0.1) is 5.41 Å². The quantitative estimate of drug-likeness (QED) is 0.836. The molecule has 1 aliphatic rings. The van der Waals surface area contributed by atoms with Crippen LogP contribution in [-0.4, -0.2) is 34.2 Å². The number of piperidine rings is 1. The number of nitrogens with zero attached hydrogens (tertiary/aromatic N) is 1. The molecule has 0 atom stereocenters. The largest absolute Gasteiger partial charge is 0.481 e. The maximum Gasteiger partial charge on any atom is 0.325 e. The van der Waals surface area contributed by atoms with Gasteiger partial charge in [0.25, 0.3) is 0 Å². The molecule has 0 bridgehead atoms. The molecule has 0 aliphatic carbocycles. The molecule has 0 aromatic carbocycles. The van der Waals surface area contributed by atoms with Crippen LogP contribution in [-0.2, 0) is 14.4 Å². The smallest absolute Gasteiger partial charge is 0.325 e. The van der Waals surface area contributed by atoms with Gasteiger partial charge in [0.2, 0.25) is 0 Å². The molecule has 1 heterocycles. The highest BCUT2D eigenvalue weighted by molar-refractivity contribution is 5.76. The van der Waals surface area contributed by atoms with Crippen molar-refractivity contribution in [2.75, 3.05) is 6.54 Å². The van der Waals surface area contributed by atoms with Gasteiger partial charge >= 0.3 is 11.9 Å². The van der Waals surface area contributed by atoms with Crippen molar-refractivity contribution in [2.45, 2.75) is 58.9 Å². The van der Waals surface area contributed by atoms with E-state index in [1.807, 2.05) is 0 Å². The predicted octanol–water partition coefficient (Wildman–Crippen LogP) is 2.21. The van der Waals surface area contributed by atoms with Gasteiger partial charge in [0.05, 0.1) is 18.4 Å². The number of carbonyl (C=O) groups is 2. The van der Waals surface area contributed by atoms with Crippen LogP contribution >= 0.6 is 0 Å². The van der Waals surface area contributed by atoms with Gasteiger partial charge in [-0.3, -0.25) is 9.59 Å². The lowest BCUT2D eigenvalue weighted by Gasteiger charge is -2.51. The zero-order valence-corrected chi connectivity index (χ0v) is 11.7. The molecule has 1 fully saturated rings. The number of hydroxylamine groups is 2. The van der Waals surface area contributed by atoms with E-state index in [1.54, 1.807) is 5.06 Å². The Kier molecular flexibility index (Phi) is 4.37. The van der Waals surface area contributed by atoms with Crippen LogP contribution < -0.4 is 0 Å². The summed E-state index contributed by atoms with van der Waals surface area (Å²) < 4.78 is 0. The first-order valence-electron chi connectivity index (χ1n) is 6.37. The number of carboxylic acids is 1. The van der Waals surface area contributed by atoms with Gasteiger partial charge in [-0.05, 0) is 32.1 Å². The second kappa shape index (κ2) is 5.26. The van der Waals surface area contributed by atoms with Crippen molar-refractivity contribution in [2.24, 2.45) is 5.41 Å². The summed E-state index contributed by atoms with van der Waals surface area (Å²) in [6.07, 6.45) is 1.80. The fourth-order valence-electron chi connectivity index (χ4n) is 2.12. The molecule has 1 rings (SSSR count). The molecule has 0 radical (unpaired) electrons. The van der Waals surface area contributed by atoms with Gasteiger partial charge < -0.3 is 9.94 Å². The van der Waals surface area contributed by atoms with Crippen molar-refractivity contribution in [3.05, 3.63) is 0 Å². The molecule has 0 spiro atoms. The molecule has 1 aliphatic heterocycles. The first-order valence-corrected chi connectivity index (χ1v) is 6.37. The summed E-state index contributed by atoms with van der Waals surface area (Å²) in [5.41, 5.74) is -0.192. The first kappa shape index (κ1) is 15.0. The van der Waals surface area contributed by atoms with E-state index >= 15 is 0 Å². The lowest BCUT2D eigenvalue weighted by Crippen LogP contribution is -2.57. The monoisotopic (exact) mass is 257 g/mol. The molecule has 1 saturated heterocycles. The Morgan fingerprint density at radius 2 is 1.83 bits per heavy atom. The van der Waals surface area contributed by atoms with Crippen molar-refractivity contribution in [3.63, 3.8) is 0 Å². The van der Waals surface area contributed by atoms with Crippen molar-refractivity contribution < 1.29 is 19.5 Å². The third-order valence-electron chi connectivity index (χ3n) is 4.20. The third kappa shape index (κ3) is 3.22. The van der Waals surface area contributed by atoms with Crippen molar-refractivity contribution in [1.29, 1.82) is 0 Å². The van der Waals surface area contributed by atoms with Gasteiger partial charge in [-0.15, -0.1) is 5.06 Å². The fourth-order valence-corrected chi connectivity index (χ4v) is 2.12. The Labute approximate surface area is 108 Å². The van der Waals surface area contributed by atoms with Crippen LogP contribution in [0.15, 0.2) is 0 Å². The predicted molar refractivity (Wildman–Crippen MR) is 66.8 cm³/mol. The average Bonchev–Trinajstić information content (AvgIpc) is 2.22. The Hall–Kier alpha value is -1.10. The molecule has 5 nitrogen and oxygen atoms in total. The number of hydrogen-bond acceptors (Lipinski definition) is 4. The highest BCUT2D eigenvalue weighted by Gasteiger charge is 2.46. The van der Waals surface area contributed by atoms with E-state index < -0.39 is 11.9 Å². The molecule has 18 heavy (non-hydrogen) atoms. The maximum atomic E-state index is 11.6. The minimum atomic E-state index is -0.981. The summed E-state index contributed by atoms with van der Waals surface area (Å²) in [5.74, 6) is -1.45. The van der Waals surface area contributed by atoms with Crippen LogP contribution in [0.4, 0.5) is 0 Å². The zero-order valence-electron chi connectivity index (χ0n) is 11.7. The Morgan fingerprint density at radius 1 is 1.22 bits per heavy atom. The maximum absolute atomic E-state index is 11.6.